The van der Waals surface area contributed by atoms with E-state index in [1.165, 1.54) is 0 Å². The molecule has 0 N–H and O–H groups in total. The van der Waals surface area contributed by atoms with Crippen LogP contribution in [0.3, 0.4) is 0 Å². The number of carbonyl (C=O) groups is 5. The molecule has 0 aromatic carbocycles. The lowest BCUT2D eigenvalue weighted by molar-refractivity contribution is -0.161. The van der Waals surface area contributed by atoms with Gasteiger partial charge in [0, 0.05) is 31.6 Å². The molecule has 0 rings (SSSR count). The number of ketones is 1. The molecule has 0 unspecified atom stereocenters. The fourth-order valence-corrected chi connectivity index (χ4v) is 3.93. The summed E-state index contributed by atoms with van der Waals surface area (Å²) in [6.45, 7) is 27.2. The van der Waals surface area contributed by atoms with Gasteiger partial charge < -0.3 is 18.9 Å². The second-order valence-corrected chi connectivity index (χ2v) is 16.7. The van der Waals surface area contributed by atoms with Crippen LogP contribution in [0.25, 0.3) is 0 Å². The average molecular weight is 658 g/mol. The molecule has 0 aromatic heterocycles. The van der Waals surface area contributed by atoms with Crippen LogP contribution in [0.1, 0.15) is 104 Å². The number of ether oxygens (including phenoxy) is 4. The number of esters is 4. The first-order chi connectivity index (χ1) is 20.4. The van der Waals surface area contributed by atoms with Crippen molar-refractivity contribution in [3.8, 4) is 0 Å². The minimum atomic E-state index is -0.709. The monoisotopic (exact) mass is 657 g/mol. The summed E-state index contributed by atoms with van der Waals surface area (Å²) < 4.78 is 22.1. The van der Waals surface area contributed by atoms with E-state index in [0.717, 1.165) is 0 Å². The van der Waals surface area contributed by atoms with Crippen LogP contribution in [0.4, 0.5) is 0 Å². The second kappa shape index (κ2) is 17.5. The minimum absolute atomic E-state index is 0.0203. The molecule has 0 fully saturated rings. The Morgan fingerprint density at radius 1 is 0.370 bits per heavy atom. The number of Topliss-reactive ketones (excluding diaryl/α,β-unsaturated/α-hetero) is 1. The average Bonchev–Trinajstić information content (AvgIpc) is 2.74. The van der Waals surface area contributed by atoms with E-state index < -0.39 is 51.7 Å². The van der Waals surface area contributed by atoms with Crippen LogP contribution >= 0.6 is 0 Å². The summed E-state index contributed by atoms with van der Waals surface area (Å²) in [7, 11) is 0. The normalized spacial score (nSPS) is 13.2. The van der Waals surface area contributed by atoms with Gasteiger partial charge in [-0.15, -0.1) is 0 Å². The summed E-state index contributed by atoms with van der Waals surface area (Å²) in [5, 5.41) is 0. The Kier molecular flexibility index (Phi) is 16.6. The third kappa shape index (κ3) is 23.7. The van der Waals surface area contributed by atoms with E-state index in [2.05, 4.69) is 0 Å². The number of hydrogen-bond acceptors (Lipinski definition) is 12. The molecule has 46 heavy (non-hydrogen) atoms. The van der Waals surface area contributed by atoms with Gasteiger partial charge in [-0.05, 0) is 83.1 Å². The zero-order valence-electron chi connectivity index (χ0n) is 31.4. The Balaban J connectivity index is 6.07. The first kappa shape index (κ1) is 43.4. The van der Waals surface area contributed by atoms with Gasteiger partial charge in [0.05, 0.1) is 32.7 Å². The summed E-state index contributed by atoms with van der Waals surface area (Å²) >= 11 is 0. The fourth-order valence-electron chi connectivity index (χ4n) is 3.93. The van der Waals surface area contributed by atoms with Crippen molar-refractivity contribution in [3.63, 3.8) is 0 Å². The Bertz CT molecular complexity index is 993. The molecule has 0 aromatic rings. The topological polar surface area (TPSA) is 132 Å². The molecule has 0 spiro atoms. The first-order valence-corrected chi connectivity index (χ1v) is 16.0. The summed E-state index contributed by atoms with van der Waals surface area (Å²) in [6.07, 6.45) is 0. The molecule has 0 aliphatic heterocycles. The minimum Gasteiger partial charge on any atom is -0.459 e. The molecule has 0 heterocycles. The summed E-state index contributed by atoms with van der Waals surface area (Å²) in [6, 6.07) is 0. The van der Waals surface area contributed by atoms with E-state index in [-0.39, 0.29) is 64.7 Å². The van der Waals surface area contributed by atoms with E-state index in [4.69, 9.17) is 18.9 Å². The molecule has 0 atom stereocenters. The quantitative estimate of drug-likeness (QED) is 0.176. The second-order valence-electron chi connectivity index (χ2n) is 16.7. The summed E-state index contributed by atoms with van der Waals surface area (Å²) in [5.41, 5.74) is -3.43. The molecular formula is C34H63N3O9. The molecule has 268 valence electrons. The van der Waals surface area contributed by atoms with Crippen molar-refractivity contribution in [1.82, 2.24) is 14.7 Å². The summed E-state index contributed by atoms with van der Waals surface area (Å²) in [5.74, 6) is -1.97. The number of nitrogens with zero attached hydrogens (tertiary/aromatic N) is 3. The molecule has 0 saturated heterocycles. The van der Waals surface area contributed by atoms with E-state index in [0.29, 0.717) is 0 Å². The van der Waals surface area contributed by atoms with E-state index in [9.17, 15) is 24.0 Å². The maximum absolute atomic E-state index is 13.0. The van der Waals surface area contributed by atoms with Crippen molar-refractivity contribution in [2.45, 2.75) is 126 Å². The lowest BCUT2D eigenvalue weighted by Gasteiger charge is -2.31. The fraction of sp³-hybridized carbons (Fsp3) is 0.853. The molecule has 0 amide bonds. The highest BCUT2D eigenvalue weighted by Gasteiger charge is 2.28. The maximum atomic E-state index is 13.0. The maximum Gasteiger partial charge on any atom is 0.320 e. The van der Waals surface area contributed by atoms with Crippen molar-refractivity contribution in [2.24, 2.45) is 5.41 Å². The van der Waals surface area contributed by atoms with Crippen molar-refractivity contribution in [2.75, 3.05) is 58.9 Å². The Labute approximate surface area is 277 Å². The van der Waals surface area contributed by atoms with Gasteiger partial charge in [0.25, 0.3) is 0 Å². The molecule has 0 bridgehead atoms. The standard InChI is InChI=1S/C34H63N3O9/c1-30(2,3)25(38)20-36(22-27(40)44-32(7,8)9)18-16-35(21-26(39)43-31(4,5)6)17-19-37(23-28(41)45-33(10,11)12)24-29(42)46-34(13,14)15/h16-24H2,1-15H3. The molecular weight excluding hydrogens is 594 g/mol. The van der Waals surface area contributed by atoms with E-state index >= 15 is 0 Å². The highest BCUT2D eigenvalue weighted by atomic mass is 16.6. The van der Waals surface area contributed by atoms with Crippen LogP contribution in [0.5, 0.6) is 0 Å². The highest BCUT2D eigenvalue weighted by molar-refractivity contribution is 5.86. The van der Waals surface area contributed by atoms with Crippen molar-refractivity contribution < 1.29 is 42.9 Å². The van der Waals surface area contributed by atoms with E-state index in [1.807, 2.05) is 25.7 Å². The first-order valence-electron chi connectivity index (χ1n) is 16.0. The SMILES string of the molecule is CC(C)(C)OC(=O)CN(CCN(CC(=O)OC(C)(C)C)CC(=O)OC(C)(C)C)CCN(CC(=O)OC(C)(C)C)CC(=O)C(C)(C)C. The number of hydrogen-bond donors (Lipinski definition) is 0. The zero-order chi connectivity index (χ0) is 36.3. The van der Waals surface area contributed by atoms with Gasteiger partial charge in [-0.2, -0.15) is 0 Å². The van der Waals surface area contributed by atoms with Gasteiger partial charge in [0.1, 0.15) is 22.4 Å². The van der Waals surface area contributed by atoms with Crippen LogP contribution in [-0.2, 0) is 42.9 Å². The van der Waals surface area contributed by atoms with Crippen LogP contribution in [-0.4, -0.2) is 126 Å². The smallest absolute Gasteiger partial charge is 0.320 e. The van der Waals surface area contributed by atoms with Crippen molar-refractivity contribution in [1.29, 1.82) is 0 Å². The molecule has 12 nitrogen and oxygen atoms in total. The van der Waals surface area contributed by atoms with Gasteiger partial charge in [0.2, 0.25) is 0 Å². The molecule has 0 radical (unpaired) electrons. The van der Waals surface area contributed by atoms with Crippen LogP contribution < -0.4 is 0 Å². The Hall–Kier alpha value is -2.57. The highest BCUT2D eigenvalue weighted by Crippen LogP contribution is 2.16. The number of carbonyl (C=O) groups excluding carboxylic acids is 5. The third-order valence-electron chi connectivity index (χ3n) is 5.76. The predicted octanol–water partition coefficient (Wildman–Crippen LogP) is 3.87. The molecule has 0 saturated carbocycles. The van der Waals surface area contributed by atoms with Gasteiger partial charge in [-0.25, -0.2) is 0 Å². The van der Waals surface area contributed by atoms with Crippen LogP contribution in [0.2, 0.25) is 0 Å². The van der Waals surface area contributed by atoms with Gasteiger partial charge in [-0.3, -0.25) is 38.7 Å². The van der Waals surface area contributed by atoms with E-state index in [1.54, 1.807) is 92.9 Å². The van der Waals surface area contributed by atoms with Crippen molar-refractivity contribution in [3.05, 3.63) is 0 Å². The van der Waals surface area contributed by atoms with Gasteiger partial charge in [0.15, 0.2) is 5.78 Å². The zero-order valence-corrected chi connectivity index (χ0v) is 31.4. The Morgan fingerprint density at radius 2 is 0.587 bits per heavy atom. The predicted molar refractivity (Wildman–Crippen MR) is 177 cm³/mol. The van der Waals surface area contributed by atoms with Crippen LogP contribution in [0.15, 0.2) is 0 Å². The van der Waals surface area contributed by atoms with Crippen molar-refractivity contribution >= 4 is 29.7 Å². The lowest BCUT2D eigenvalue weighted by Crippen LogP contribution is -2.48. The molecule has 12 heteroatoms. The largest absolute Gasteiger partial charge is 0.459 e. The molecule has 0 aliphatic rings. The Morgan fingerprint density at radius 3 is 0.826 bits per heavy atom. The van der Waals surface area contributed by atoms with Gasteiger partial charge in [-0.1, -0.05) is 20.8 Å². The summed E-state index contributed by atoms with van der Waals surface area (Å²) in [4.78, 5) is 69.2. The van der Waals surface area contributed by atoms with Crippen LogP contribution in [0, 0.1) is 5.41 Å². The van der Waals surface area contributed by atoms with Gasteiger partial charge >= 0.3 is 23.9 Å². The lowest BCUT2D eigenvalue weighted by atomic mass is 9.90. The molecule has 0 aliphatic carbocycles. The third-order valence-corrected chi connectivity index (χ3v) is 5.76. The number of rotatable bonds is 16.